The largest absolute Gasteiger partial charge is 0.417 e. The van der Waals surface area contributed by atoms with Crippen LogP contribution in [-0.4, -0.2) is 37.9 Å². The molecule has 0 saturated heterocycles. The summed E-state index contributed by atoms with van der Waals surface area (Å²) in [4.78, 5) is 41.5. The van der Waals surface area contributed by atoms with Crippen molar-refractivity contribution in [2.24, 2.45) is 7.05 Å². The van der Waals surface area contributed by atoms with E-state index in [4.69, 9.17) is 4.42 Å². The van der Waals surface area contributed by atoms with Gasteiger partial charge in [0.25, 0.3) is 15.6 Å². The van der Waals surface area contributed by atoms with Crippen LogP contribution in [-0.2, 0) is 30.2 Å². The molecule has 0 amide bonds. The Bertz CT molecular complexity index is 1980. The van der Waals surface area contributed by atoms with Crippen molar-refractivity contribution in [2.45, 2.75) is 42.6 Å². The fraction of sp³-hybridized carbons (Fsp3) is 0.304. The second-order valence-corrected chi connectivity index (χ2v) is 12.5. The second kappa shape index (κ2) is 8.13. The molecule has 4 heterocycles. The molecule has 1 aliphatic carbocycles. The fourth-order valence-corrected chi connectivity index (χ4v) is 7.16. The molecule has 1 fully saturated rings. The van der Waals surface area contributed by atoms with Gasteiger partial charge in [-0.3, -0.25) is 23.6 Å². The average Bonchev–Trinajstić information content (AvgIpc) is 3.20. The van der Waals surface area contributed by atoms with Crippen molar-refractivity contribution >= 4 is 42.7 Å². The number of aromatic nitrogens is 5. The summed E-state index contributed by atoms with van der Waals surface area (Å²) < 4.78 is 38.0. The summed E-state index contributed by atoms with van der Waals surface area (Å²) in [6.45, 7) is 1.82. The minimum Gasteiger partial charge on any atom is -0.408 e. The highest BCUT2D eigenvalue weighted by molar-refractivity contribution is 7.91. The molecule has 1 aromatic carbocycles. The normalized spacial score (nSPS) is 15.1. The molecule has 14 heteroatoms. The van der Waals surface area contributed by atoms with Crippen LogP contribution in [0.5, 0.6) is 0 Å². The monoisotopic (exact) mass is 542 g/mol. The van der Waals surface area contributed by atoms with Gasteiger partial charge >= 0.3 is 11.4 Å². The fourth-order valence-electron chi connectivity index (χ4n) is 4.26. The SMILES string of the molecule is Cn1cc(Cn2c(=O)c3cc(S(=O)(=O)NC4(C)CC4)sc3n(Cc3ccc4[nH]c(=O)oc4c3)c2=O)cn1. The van der Waals surface area contributed by atoms with E-state index < -0.39 is 32.6 Å². The van der Waals surface area contributed by atoms with Gasteiger partial charge in [0.2, 0.25) is 0 Å². The number of H-pyrrole nitrogens is 1. The Kier molecular flexibility index (Phi) is 5.19. The van der Waals surface area contributed by atoms with Crippen molar-refractivity contribution in [2.75, 3.05) is 0 Å². The Morgan fingerprint density at radius 2 is 1.89 bits per heavy atom. The zero-order chi connectivity index (χ0) is 26.1. The van der Waals surface area contributed by atoms with Crippen LogP contribution >= 0.6 is 11.3 Å². The lowest BCUT2D eigenvalue weighted by Crippen LogP contribution is -2.40. The van der Waals surface area contributed by atoms with Gasteiger partial charge in [0, 0.05) is 24.3 Å². The molecule has 0 unspecified atom stereocenters. The minimum atomic E-state index is -3.89. The van der Waals surface area contributed by atoms with E-state index in [-0.39, 0.29) is 27.5 Å². The van der Waals surface area contributed by atoms with Gasteiger partial charge < -0.3 is 4.42 Å². The zero-order valence-electron chi connectivity index (χ0n) is 19.8. The van der Waals surface area contributed by atoms with Gasteiger partial charge in [0.15, 0.2) is 5.58 Å². The average molecular weight is 543 g/mol. The first-order chi connectivity index (χ1) is 17.5. The summed E-state index contributed by atoms with van der Waals surface area (Å²) >= 11 is 0.877. The first-order valence-corrected chi connectivity index (χ1v) is 13.7. The summed E-state index contributed by atoms with van der Waals surface area (Å²) in [5, 5.41) is 4.23. The van der Waals surface area contributed by atoms with E-state index in [1.807, 2.05) is 6.92 Å². The molecule has 0 bridgehead atoms. The van der Waals surface area contributed by atoms with Crippen LogP contribution in [0.4, 0.5) is 0 Å². The summed E-state index contributed by atoms with van der Waals surface area (Å²) in [7, 11) is -2.16. The lowest BCUT2D eigenvalue weighted by atomic mass is 10.2. The molecule has 192 valence electrons. The van der Waals surface area contributed by atoms with Gasteiger partial charge in [0.05, 0.1) is 30.2 Å². The highest BCUT2D eigenvalue weighted by Crippen LogP contribution is 2.37. The predicted octanol–water partition coefficient (Wildman–Crippen LogP) is 1.32. The molecule has 37 heavy (non-hydrogen) atoms. The molecule has 1 saturated carbocycles. The number of hydrogen-bond acceptors (Lipinski definition) is 8. The summed E-state index contributed by atoms with van der Waals surface area (Å²) in [5.41, 5.74) is 0.447. The highest BCUT2D eigenvalue weighted by atomic mass is 32.2. The number of nitrogens with one attached hydrogen (secondary N) is 2. The lowest BCUT2D eigenvalue weighted by Gasteiger charge is -2.12. The number of aromatic amines is 1. The second-order valence-electron chi connectivity index (χ2n) is 9.58. The van der Waals surface area contributed by atoms with Crippen molar-refractivity contribution in [3.05, 3.63) is 79.2 Å². The van der Waals surface area contributed by atoms with E-state index >= 15 is 0 Å². The van der Waals surface area contributed by atoms with Crippen LogP contribution in [0.1, 0.15) is 30.9 Å². The minimum absolute atomic E-state index is 0.0264. The molecule has 4 aromatic heterocycles. The van der Waals surface area contributed by atoms with Crippen LogP contribution in [0.3, 0.4) is 0 Å². The molecule has 0 spiro atoms. The Morgan fingerprint density at radius 1 is 1.14 bits per heavy atom. The van der Waals surface area contributed by atoms with Crippen LogP contribution in [0.25, 0.3) is 21.3 Å². The molecule has 0 radical (unpaired) electrons. The van der Waals surface area contributed by atoms with E-state index in [0.29, 0.717) is 22.2 Å². The van der Waals surface area contributed by atoms with Gasteiger partial charge in [-0.25, -0.2) is 22.7 Å². The summed E-state index contributed by atoms with van der Waals surface area (Å²) in [6.07, 6.45) is 4.73. The van der Waals surface area contributed by atoms with E-state index in [9.17, 15) is 22.8 Å². The Hall–Kier alpha value is -3.75. The van der Waals surface area contributed by atoms with Gasteiger partial charge in [-0.15, -0.1) is 11.3 Å². The molecule has 2 N–H and O–H groups in total. The number of benzene rings is 1. The topological polar surface area (TPSA) is 154 Å². The van der Waals surface area contributed by atoms with Gasteiger partial charge in [-0.2, -0.15) is 5.10 Å². The number of thiophene rings is 1. The van der Waals surface area contributed by atoms with Crippen molar-refractivity contribution < 1.29 is 12.8 Å². The number of fused-ring (bicyclic) bond motifs is 2. The quantitative estimate of drug-likeness (QED) is 0.314. The molecule has 12 nitrogen and oxygen atoms in total. The molecule has 1 aliphatic rings. The molecule has 5 aromatic rings. The zero-order valence-corrected chi connectivity index (χ0v) is 21.5. The Balaban J connectivity index is 1.53. The van der Waals surface area contributed by atoms with Gasteiger partial charge in [-0.1, -0.05) is 6.07 Å². The Labute approximate surface area is 212 Å². The number of nitrogens with zero attached hydrogens (tertiary/aromatic N) is 4. The smallest absolute Gasteiger partial charge is 0.408 e. The van der Waals surface area contributed by atoms with Gasteiger partial charge in [-0.05, 0) is 43.5 Å². The first-order valence-electron chi connectivity index (χ1n) is 11.4. The third-order valence-electron chi connectivity index (χ3n) is 6.44. The van der Waals surface area contributed by atoms with Crippen molar-refractivity contribution in [1.82, 2.24) is 28.6 Å². The van der Waals surface area contributed by atoms with E-state index in [1.165, 1.54) is 10.6 Å². The van der Waals surface area contributed by atoms with Crippen molar-refractivity contribution in [3.8, 4) is 0 Å². The highest BCUT2D eigenvalue weighted by Gasteiger charge is 2.41. The van der Waals surface area contributed by atoms with Crippen LogP contribution in [0.2, 0.25) is 0 Å². The lowest BCUT2D eigenvalue weighted by molar-refractivity contribution is 0.554. The van der Waals surface area contributed by atoms with E-state index in [1.54, 1.807) is 42.3 Å². The molecular weight excluding hydrogens is 520 g/mol. The maximum Gasteiger partial charge on any atom is 0.417 e. The number of sulfonamides is 1. The van der Waals surface area contributed by atoms with Gasteiger partial charge in [0.1, 0.15) is 9.04 Å². The van der Waals surface area contributed by atoms with E-state index in [2.05, 4.69) is 14.8 Å². The maximum absolute atomic E-state index is 13.6. The standard InChI is InChI=1S/C23H22N6O6S2/c1-23(5-6-23)26-37(33,34)18-8-15-19(30)28(12-14-9-24-27(2)10-14)22(32)29(20(15)36-18)11-13-3-4-16-17(7-13)35-21(31)25-16/h3-4,7-10,26H,5-6,11-12H2,1-2H3,(H,25,31). The van der Waals surface area contributed by atoms with Crippen LogP contribution in [0, 0.1) is 0 Å². The predicted molar refractivity (Wildman–Crippen MR) is 137 cm³/mol. The maximum atomic E-state index is 13.6. The Morgan fingerprint density at radius 3 is 2.59 bits per heavy atom. The number of hydrogen-bond donors (Lipinski definition) is 2. The van der Waals surface area contributed by atoms with E-state index in [0.717, 1.165) is 28.7 Å². The molecular formula is C23H22N6O6S2. The third-order valence-corrected chi connectivity index (χ3v) is 9.71. The summed E-state index contributed by atoms with van der Waals surface area (Å²) in [5.74, 6) is -0.596. The molecule has 0 atom stereocenters. The number of rotatable bonds is 7. The van der Waals surface area contributed by atoms with Crippen LogP contribution in [0.15, 0.2) is 59.7 Å². The van der Waals surface area contributed by atoms with Crippen molar-refractivity contribution in [3.63, 3.8) is 0 Å². The summed E-state index contributed by atoms with van der Waals surface area (Å²) in [6, 6.07) is 6.35. The molecule has 0 aliphatic heterocycles. The number of aryl methyl sites for hydroxylation is 1. The molecule has 6 rings (SSSR count). The van der Waals surface area contributed by atoms with Crippen molar-refractivity contribution in [1.29, 1.82) is 0 Å². The number of oxazole rings is 1. The first kappa shape index (κ1) is 23.6. The third kappa shape index (κ3) is 4.26. The van der Waals surface area contributed by atoms with Crippen LogP contribution < -0.4 is 21.7 Å².